The number of anilines is 2. The average Bonchev–Trinajstić information content (AvgIpc) is 2.44. The normalized spacial score (nSPS) is 11.9. The van der Waals surface area contributed by atoms with Crippen LogP contribution in [0.5, 0.6) is 0 Å². The molecule has 1 aromatic rings. The topological polar surface area (TPSA) is 89.3 Å². The lowest BCUT2D eigenvalue weighted by molar-refractivity contribution is -0.384. The molecule has 0 amide bonds. The summed E-state index contributed by atoms with van der Waals surface area (Å²) in [7, 11) is 1.60. The highest BCUT2D eigenvalue weighted by Crippen LogP contribution is 2.25. The lowest BCUT2D eigenvalue weighted by Gasteiger charge is -2.17. The fourth-order valence-corrected chi connectivity index (χ4v) is 1.71. The van der Waals surface area contributed by atoms with Crippen molar-refractivity contribution in [3.8, 4) is 0 Å². The molecule has 1 unspecified atom stereocenters. The van der Waals surface area contributed by atoms with Crippen LogP contribution in [0.25, 0.3) is 0 Å². The van der Waals surface area contributed by atoms with E-state index in [1.54, 1.807) is 13.2 Å². The molecule has 1 aromatic heterocycles. The van der Waals surface area contributed by atoms with Gasteiger partial charge in [-0.1, -0.05) is 13.8 Å². The van der Waals surface area contributed by atoms with Crippen LogP contribution in [0.15, 0.2) is 12.1 Å². The first-order valence-corrected chi connectivity index (χ1v) is 6.77. The SMILES string of the molecule is CCCNc1ccc([N+](=O)[O-])c(NC(CC)COC)n1. The molecule has 1 rings (SSSR count). The number of methoxy groups -OCH3 is 1. The van der Waals surface area contributed by atoms with Gasteiger partial charge in [0.1, 0.15) is 5.82 Å². The summed E-state index contributed by atoms with van der Waals surface area (Å²) in [4.78, 5) is 14.9. The number of hydrogen-bond donors (Lipinski definition) is 2. The summed E-state index contributed by atoms with van der Waals surface area (Å²) in [6.45, 7) is 5.28. The van der Waals surface area contributed by atoms with E-state index in [2.05, 4.69) is 15.6 Å². The molecular weight excluding hydrogens is 260 g/mol. The van der Waals surface area contributed by atoms with Crippen molar-refractivity contribution < 1.29 is 9.66 Å². The van der Waals surface area contributed by atoms with Crippen molar-refractivity contribution >= 4 is 17.3 Å². The van der Waals surface area contributed by atoms with E-state index in [4.69, 9.17) is 4.74 Å². The predicted molar refractivity (Wildman–Crippen MR) is 79.2 cm³/mol. The Kier molecular flexibility index (Phi) is 6.72. The van der Waals surface area contributed by atoms with Gasteiger partial charge in [-0.05, 0) is 18.9 Å². The van der Waals surface area contributed by atoms with Crippen molar-refractivity contribution in [1.82, 2.24) is 4.98 Å². The summed E-state index contributed by atoms with van der Waals surface area (Å²) in [5.74, 6) is 0.909. The fraction of sp³-hybridized carbons (Fsp3) is 0.615. The Morgan fingerprint density at radius 1 is 1.45 bits per heavy atom. The minimum Gasteiger partial charge on any atom is -0.383 e. The van der Waals surface area contributed by atoms with E-state index in [0.717, 1.165) is 19.4 Å². The van der Waals surface area contributed by atoms with Crippen LogP contribution in [-0.4, -0.2) is 36.2 Å². The van der Waals surface area contributed by atoms with Gasteiger partial charge >= 0.3 is 5.69 Å². The molecule has 0 radical (unpaired) electrons. The van der Waals surface area contributed by atoms with Crippen LogP contribution in [-0.2, 0) is 4.74 Å². The second-order valence-electron chi connectivity index (χ2n) is 4.45. The molecule has 1 heterocycles. The maximum atomic E-state index is 11.0. The predicted octanol–water partition coefficient (Wildman–Crippen LogP) is 2.65. The van der Waals surface area contributed by atoms with E-state index in [-0.39, 0.29) is 17.5 Å². The highest BCUT2D eigenvalue weighted by Gasteiger charge is 2.18. The Morgan fingerprint density at radius 2 is 2.20 bits per heavy atom. The number of hydrogen-bond acceptors (Lipinski definition) is 6. The number of nitro groups is 1. The molecule has 0 saturated carbocycles. The number of ether oxygens (including phenoxy) is 1. The Bertz CT molecular complexity index is 440. The van der Waals surface area contributed by atoms with E-state index in [9.17, 15) is 10.1 Å². The molecular formula is C13H22N4O3. The molecule has 7 nitrogen and oxygen atoms in total. The highest BCUT2D eigenvalue weighted by atomic mass is 16.6. The monoisotopic (exact) mass is 282 g/mol. The maximum Gasteiger partial charge on any atom is 0.311 e. The molecule has 0 aromatic carbocycles. The molecule has 112 valence electrons. The molecule has 0 fully saturated rings. The van der Waals surface area contributed by atoms with Gasteiger partial charge in [0.25, 0.3) is 0 Å². The zero-order valence-electron chi connectivity index (χ0n) is 12.2. The standard InChI is InChI=1S/C13H22N4O3/c1-4-8-14-12-7-6-11(17(18)19)13(16-12)15-10(5-2)9-20-3/h6-7,10H,4-5,8-9H2,1-3H3,(H2,14,15,16). The van der Waals surface area contributed by atoms with E-state index >= 15 is 0 Å². The van der Waals surface area contributed by atoms with Crippen LogP contribution in [0.1, 0.15) is 26.7 Å². The lowest BCUT2D eigenvalue weighted by Crippen LogP contribution is -2.25. The van der Waals surface area contributed by atoms with Gasteiger partial charge in [-0.2, -0.15) is 0 Å². The van der Waals surface area contributed by atoms with Crippen LogP contribution in [0.2, 0.25) is 0 Å². The minimum absolute atomic E-state index is 0.00683. The molecule has 0 aliphatic heterocycles. The number of nitrogens with zero attached hydrogens (tertiary/aromatic N) is 2. The molecule has 1 atom stereocenters. The molecule has 2 N–H and O–H groups in total. The van der Waals surface area contributed by atoms with Gasteiger partial charge < -0.3 is 15.4 Å². The molecule has 7 heteroatoms. The summed E-state index contributed by atoms with van der Waals surface area (Å²) >= 11 is 0. The van der Waals surface area contributed by atoms with Gasteiger partial charge in [-0.25, -0.2) is 4.98 Å². The quantitative estimate of drug-likeness (QED) is 0.534. The summed E-state index contributed by atoms with van der Waals surface area (Å²) in [5.41, 5.74) is -0.0263. The van der Waals surface area contributed by atoms with Gasteiger partial charge in [-0.3, -0.25) is 10.1 Å². The Morgan fingerprint density at radius 3 is 2.75 bits per heavy atom. The molecule has 20 heavy (non-hydrogen) atoms. The van der Waals surface area contributed by atoms with Crippen molar-refractivity contribution in [2.75, 3.05) is 30.9 Å². The van der Waals surface area contributed by atoms with E-state index in [0.29, 0.717) is 12.4 Å². The number of aromatic nitrogens is 1. The van der Waals surface area contributed by atoms with Gasteiger partial charge in [0.05, 0.1) is 17.6 Å². The zero-order valence-corrected chi connectivity index (χ0v) is 12.2. The maximum absolute atomic E-state index is 11.0. The van der Waals surface area contributed by atoms with E-state index in [1.165, 1.54) is 6.07 Å². The summed E-state index contributed by atoms with van der Waals surface area (Å²) in [5, 5.41) is 17.2. The Labute approximate surface area is 118 Å². The van der Waals surface area contributed by atoms with Gasteiger partial charge in [0, 0.05) is 19.7 Å². The first kappa shape index (κ1) is 16.2. The van der Waals surface area contributed by atoms with Crippen molar-refractivity contribution in [2.24, 2.45) is 0 Å². The second-order valence-corrected chi connectivity index (χ2v) is 4.45. The summed E-state index contributed by atoms with van der Waals surface area (Å²) in [6.07, 6.45) is 1.75. The Balaban J connectivity index is 2.95. The van der Waals surface area contributed by atoms with Gasteiger partial charge in [0.15, 0.2) is 0 Å². The van der Waals surface area contributed by atoms with Crippen LogP contribution in [0.3, 0.4) is 0 Å². The van der Waals surface area contributed by atoms with E-state index < -0.39 is 4.92 Å². The van der Waals surface area contributed by atoms with Crippen LogP contribution < -0.4 is 10.6 Å². The fourth-order valence-electron chi connectivity index (χ4n) is 1.71. The third-order valence-electron chi connectivity index (χ3n) is 2.83. The van der Waals surface area contributed by atoms with Gasteiger partial charge in [-0.15, -0.1) is 0 Å². The summed E-state index contributed by atoms with van der Waals surface area (Å²) in [6, 6.07) is 3.08. The first-order valence-electron chi connectivity index (χ1n) is 6.77. The van der Waals surface area contributed by atoms with E-state index in [1.807, 2.05) is 13.8 Å². The molecule has 0 spiro atoms. The largest absolute Gasteiger partial charge is 0.383 e. The van der Waals surface area contributed by atoms with Crippen LogP contribution in [0, 0.1) is 10.1 Å². The highest BCUT2D eigenvalue weighted by molar-refractivity contribution is 5.60. The average molecular weight is 282 g/mol. The number of nitrogens with one attached hydrogen (secondary N) is 2. The smallest absolute Gasteiger partial charge is 0.311 e. The van der Waals surface area contributed by atoms with Crippen molar-refractivity contribution in [2.45, 2.75) is 32.7 Å². The molecule has 0 aliphatic carbocycles. The number of rotatable bonds is 9. The number of pyridine rings is 1. The third kappa shape index (κ3) is 4.65. The zero-order chi connectivity index (χ0) is 15.0. The lowest BCUT2D eigenvalue weighted by atomic mass is 10.2. The van der Waals surface area contributed by atoms with Crippen LogP contribution in [0.4, 0.5) is 17.3 Å². The Hall–Kier alpha value is -1.89. The minimum atomic E-state index is -0.432. The first-order chi connectivity index (χ1) is 9.62. The van der Waals surface area contributed by atoms with Crippen LogP contribution >= 0.6 is 0 Å². The second kappa shape index (κ2) is 8.31. The summed E-state index contributed by atoms with van der Waals surface area (Å²) < 4.78 is 5.09. The molecule has 0 aliphatic rings. The third-order valence-corrected chi connectivity index (χ3v) is 2.83. The van der Waals surface area contributed by atoms with Crippen molar-refractivity contribution in [3.63, 3.8) is 0 Å². The van der Waals surface area contributed by atoms with Crippen molar-refractivity contribution in [1.29, 1.82) is 0 Å². The van der Waals surface area contributed by atoms with Crippen molar-refractivity contribution in [3.05, 3.63) is 22.2 Å². The molecule has 0 saturated heterocycles. The van der Waals surface area contributed by atoms with Gasteiger partial charge in [0.2, 0.25) is 5.82 Å². The molecule has 0 bridgehead atoms.